The fourth-order valence-electron chi connectivity index (χ4n) is 0.211. The van der Waals surface area contributed by atoms with Crippen LogP contribution in [-0.4, -0.2) is 22.9 Å². The molecule has 0 aliphatic rings. The molecule has 0 aromatic rings. The van der Waals surface area contributed by atoms with Crippen LogP contribution < -0.4 is 0 Å². The number of hydrogen-bond acceptors (Lipinski definition) is 2. The van der Waals surface area contributed by atoms with Gasteiger partial charge in [-0.1, -0.05) is 13.8 Å². The summed E-state index contributed by atoms with van der Waals surface area (Å²) in [6.45, 7) is 3.60. The third-order valence-electron chi connectivity index (χ3n) is 0.957. The molecule has 0 saturated heterocycles. The van der Waals surface area contributed by atoms with Gasteiger partial charge in [0.15, 0.2) is 0 Å². The molecule has 0 aliphatic carbocycles. The first-order valence-electron chi connectivity index (χ1n) is 2.47. The quantitative estimate of drug-likeness (QED) is 0.647. The average Bonchev–Trinajstić information content (AvgIpc) is 1.65. The zero-order chi connectivity index (χ0) is 5.86. The van der Waals surface area contributed by atoms with Crippen molar-refractivity contribution in [3.05, 3.63) is 0 Å². The van der Waals surface area contributed by atoms with E-state index >= 15 is 0 Å². The molecule has 2 nitrogen and oxygen atoms in total. The van der Waals surface area contributed by atoms with Crippen LogP contribution in [0.15, 0.2) is 0 Å². The Kier molecular flexibility index (Phi) is 9.05. The molecule has 0 rings (SSSR count). The van der Waals surface area contributed by atoms with E-state index in [1.807, 2.05) is 13.8 Å². The van der Waals surface area contributed by atoms with E-state index in [-0.39, 0.29) is 45.2 Å². The predicted octanol–water partition coefficient (Wildman–Crippen LogP) is -0.00690. The number of aliphatic hydroxyl groups is 2. The van der Waals surface area contributed by atoms with Crippen molar-refractivity contribution in [2.24, 2.45) is 5.92 Å². The molecule has 0 spiro atoms. The van der Waals surface area contributed by atoms with E-state index in [1.165, 1.54) is 0 Å². The number of aliphatic hydroxyl groups excluding tert-OH is 2. The Bertz CT molecular complexity index is 47.7. The van der Waals surface area contributed by atoms with E-state index in [2.05, 4.69) is 0 Å². The van der Waals surface area contributed by atoms with Crippen LogP contribution in [0.5, 0.6) is 0 Å². The van der Waals surface area contributed by atoms with Crippen molar-refractivity contribution in [3.63, 3.8) is 0 Å². The zero-order valence-electron chi connectivity index (χ0n) is 5.33. The smallest absolute Gasteiger partial charge is 0.0793 e. The molecule has 1 radical (unpaired) electrons. The standard InChI is InChI=1S/C5H12O2.Y/c1-4(2)5(7)3-6;/h4-7H,3H2,1-2H3;. The Morgan fingerprint density at radius 1 is 1.38 bits per heavy atom. The molecular weight excluding hydrogens is 181 g/mol. The monoisotopic (exact) mass is 193 g/mol. The molecule has 0 saturated carbocycles. The summed E-state index contributed by atoms with van der Waals surface area (Å²) in [5, 5.41) is 16.9. The van der Waals surface area contributed by atoms with Crippen molar-refractivity contribution in [1.29, 1.82) is 0 Å². The van der Waals surface area contributed by atoms with Crippen LogP contribution in [-0.2, 0) is 32.7 Å². The summed E-state index contributed by atoms with van der Waals surface area (Å²) < 4.78 is 0. The summed E-state index contributed by atoms with van der Waals surface area (Å²) in [5.41, 5.74) is 0. The van der Waals surface area contributed by atoms with Crippen molar-refractivity contribution in [1.82, 2.24) is 0 Å². The Morgan fingerprint density at radius 2 is 1.75 bits per heavy atom. The summed E-state index contributed by atoms with van der Waals surface area (Å²) in [7, 11) is 0. The van der Waals surface area contributed by atoms with Gasteiger partial charge in [0.1, 0.15) is 0 Å². The Hall–Kier alpha value is 1.02. The van der Waals surface area contributed by atoms with Gasteiger partial charge in [-0.25, -0.2) is 0 Å². The topological polar surface area (TPSA) is 40.5 Å². The minimum atomic E-state index is -0.542. The van der Waals surface area contributed by atoms with E-state index in [1.54, 1.807) is 0 Å². The van der Waals surface area contributed by atoms with Gasteiger partial charge in [-0.2, -0.15) is 0 Å². The Morgan fingerprint density at radius 3 is 1.75 bits per heavy atom. The molecule has 1 atom stereocenters. The molecule has 8 heavy (non-hydrogen) atoms. The van der Waals surface area contributed by atoms with E-state index < -0.39 is 6.10 Å². The van der Waals surface area contributed by atoms with Crippen LogP contribution in [0, 0.1) is 5.92 Å². The second kappa shape index (κ2) is 6.15. The maximum Gasteiger partial charge on any atom is 0.0793 e. The Labute approximate surface area is 75.2 Å². The molecule has 0 aliphatic heterocycles. The van der Waals surface area contributed by atoms with Crippen molar-refractivity contribution < 1.29 is 42.9 Å². The van der Waals surface area contributed by atoms with Crippen molar-refractivity contribution in [3.8, 4) is 0 Å². The van der Waals surface area contributed by atoms with Crippen LogP contribution in [0.3, 0.4) is 0 Å². The van der Waals surface area contributed by atoms with Gasteiger partial charge in [0.2, 0.25) is 0 Å². The van der Waals surface area contributed by atoms with Crippen LogP contribution in [0.1, 0.15) is 13.8 Å². The summed E-state index contributed by atoms with van der Waals surface area (Å²) in [6.07, 6.45) is -0.542. The molecule has 47 valence electrons. The van der Waals surface area contributed by atoms with Crippen molar-refractivity contribution in [2.75, 3.05) is 6.61 Å². The van der Waals surface area contributed by atoms with Crippen LogP contribution >= 0.6 is 0 Å². The molecule has 0 amide bonds. The fraction of sp³-hybridized carbons (Fsp3) is 1.00. The molecule has 3 heteroatoms. The average molecular weight is 193 g/mol. The molecule has 1 unspecified atom stereocenters. The fourth-order valence-corrected chi connectivity index (χ4v) is 0.211. The minimum Gasteiger partial charge on any atom is -0.394 e. The van der Waals surface area contributed by atoms with Crippen molar-refractivity contribution >= 4 is 0 Å². The minimum absolute atomic E-state index is 0. The molecular formula is C5H12O2Y. The molecule has 0 aromatic carbocycles. The maximum absolute atomic E-state index is 8.69. The molecule has 0 bridgehead atoms. The molecule has 0 aromatic heterocycles. The summed E-state index contributed by atoms with van der Waals surface area (Å²) in [6, 6.07) is 0. The third-order valence-corrected chi connectivity index (χ3v) is 0.957. The first-order chi connectivity index (χ1) is 3.18. The van der Waals surface area contributed by atoms with E-state index in [0.717, 1.165) is 0 Å². The van der Waals surface area contributed by atoms with Gasteiger partial charge < -0.3 is 10.2 Å². The van der Waals surface area contributed by atoms with E-state index in [4.69, 9.17) is 10.2 Å². The number of hydrogen-bond donors (Lipinski definition) is 2. The van der Waals surface area contributed by atoms with Gasteiger partial charge in [0.25, 0.3) is 0 Å². The molecule has 0 fully saturated rings. The van der Waals surface area contributed by atoms with E-state index in [0.29, 0.717) is 0 Å². The summed E-state index contributed by atoms with van der Waals surface area (Å²) >= 11 is 0. The zero-order valence-corrected chi connectivity index (χ0v) is 8.17. The second-order valence-corrected chi connectivity index (χ2v) is 1.99. The molecule has 2 N–H and O–H groups in total. The van der Waals surface area contributed by atoms with Crippen LogP contribution in [0.2, 0.25) is 0 Å². The SMILES string of the molecule is CC(C)C(O)CO.[Y]. The summed E-state index contributed by atoms with van der Waals surface area (Å²) in [4.78, 5) is 0. The van der Waals surface area contributed by atoms with Gasteiger partial charge in [-0.3, -0.25) is 0 Å². The van der Waals surface area contributed by atoms with E-state index in [9.17, 15) is 0 Å². The van der Waals surface area contributed by atoms with Crippen LogP contribution in [0.25, 0.3) is 0 Å². The van der Waals surface area contributed by atoms with Crippen LogP contribution in [0.4, 0.5) is 0 Å². The van der Waals surface area contributed by atoms with Gasteiger partial charge in [0.05, 0.1) is 12.7 Å². The second-order valence-electron chi connectivity index (χ2n) is 1.99. The van der Waals surface area contributed by atoms with Gasteiger partial charge in [-0.05, 0) is 5.92 Å². The van der Waals surface area contributed by atoms with Gasteiger partial charge in [-0.15, -0.1) is 0 Å². The predicted molar refractivity (Wildman–Crippen MR) is 27.9 cm³/mol. The maximum atomic E-state index is 8.69. The van der Waals surface area contributed by atoms with Gasteiger partial charge >= 0.3 is 0 Å². The van der Waals surface area contributed by atoms with Crippen molar-refractivity contribution in [2.45, 2.75) is 20.0 Å². The largest absolute Gasteiger partial charge is 0.394 e. The molecule has 0 heterocycles. The third kappa shape index (κ3) is 5.17. The number of rotatable bonds is 2. The van der Waals surface area contributed by atoms with Gasteiger partial charge in [0, 0.05) is 32.7 Å². The summed E-state index contributed by atoms with van der Waals surface area (Å²) in [5.74, 6) is 0.171. The first kappa shape index (κ1) is 11.8. The normalized spacial score (nSPS) is 13.1. The first-order valence-corrected chi connectivity index (χ1v) is 2.47. The Balaban J connectivity index is 0.